The van der Waals surface area contributed by atoms with Gasteiger partial charge in [-0.05, 0) is 30.0 Å². The van der Waals surface area contributed by atoms with Crippen molar-refractivity contribution in [1.82, 2.24) is 10.2 Å². The first-order valence-electron chi connectivity index (χ1n) is 7.49. The van der Waals surface area contributed by atoms with Gasteiger partial charge in [-0.25, -0.2) is 0 Å². The number of amides is 1. The molecule has 0 aliphatic carbocycles. The van der Waals surface area contributed by atoms with E-state index in [0.29, 0.717) is 23.9 Å². The lowest BCUT2D eigenvalue weighted by Gasteiger charge is -2.12. The number of nitrogens with zero attached hydrogens (tertiary/aromatic N) is 2. The van der Waals surface area contributed by atoms with Gasteiger partial charge in [0.1, 0.15) is 10.8 Å². The lowest BCUT2D eigenvalue weighted by Crippen LogP contribution is -2.36. The number of anilines is 1. The van der Waals surface area contributed by atoms with E-state index in [0.717, 1.165) is 16.3 Å². The molecule has 2 aromatic rings. The van der Waals surface area contributed by atoms with E-state index in [1.807, 2.05) is 38.1 Å². The summed E-state index contributed by atoms with van der Waals surface area (Å²) in [5, 5.41) is 12.2. The van der Waals surface area contributed by atoms with Crippen LogP contribution in [0.2, 0.25) is 0 Å². The smallest absolute Gasteiger partial charge is 0.243 e. The summed E-state index contributed by atoms with van der Waals surface area (Å²) in [5.74, 6) is 0.955. The van der Waals surface area contributed by atoms with E-state index in [9.17, 15) is 4.79 Å². The fraction of sp³-hybridized carbons (Fsp3) is 0.438. The van der Waals surface area contributed by atoms with Crippen LogP contribution in [0.5, 0.6) is 5.75 Å². The number of nitrogens with two attached hydrogens (primary N) is 1. The van der Waals surface area contributed by atoms with Gasteiger partial charge < -0.3 is 10.5 Å². The van der Waals surface area contributed by atoms with Gasteiger partial charge in [0.2, 0.25) is 11.0 Å². The number of nitrogens with one attached hydrogen (secondary N) is 1. The number of benzene rings is 1. The normalized spacial score (nSPS) is 12.2. The topological polar surface area (TPSA) is 90.1 Å². The minimum absolute atomic E-state index is 0.220. The minimum atomic E-state index is -0.527. The molecule has 2 rings (SSSR count). The van der Waals surface area contributed by atoms with E-state index >= 15 is 0 Å². The van der Waals surface area contributed by atoms with Crippen LogP contribution >= 0.6 is 11.3 Å². The molecule has 7 heteroatoms. The Morgan fingerprint density at radius 1 is 1.39 bits per heavy atom. The Kier molecular flexibility index (Phi) is 6.06. The van der Waals surface area contributed by atoms with Crippen LogP contribution in [-0.2, 0) is 11.2 Å². The number of carbonyl (C=O) groups is 1. The van der Waals surface area contributed by atoms with Crippen LogP contribution in [0.1, 0.15) is 30.8 Å². The van der Waals surface area contributed by atoms with Crippen molar-refractivity contribution in [2.75, 3.05) is 12.4 Å². The average Bonchev–Trinajstić information content (AvgIpc) is 2.93. The van der Waals surface area contributed by atoms with Crippen molar-refractivity contribution in [2.45, 2.75) is 32.7 Å². The van der Waals surface area contributed by atoms with Crippen LogP contribution in [0, 0.1) is 5.92 Å². The lowest BCUT2D eigenvalue weighted by molar-refractivity contribution is -0.117. The molecule has 1 heterocycles. The molecule has 1 amide bonds. The van der Waals surface area contributed by atoms with Crippen molar-refractivity contribution >= 4 is 22.4 Å². The van der Waals surface area contributed by atoms with Crippen molar-refractivity contribution in [2.24, 2.45) is 11.7 Å². The first-order valence-corrected chi connectivity index (χ1v) is 8.31. The maximum Gasteiger partial charge on any atom is 0.243 e. The highest BCUT2D eigenvalue weighted by Gasteiger charge is 2.17. The molecule has 6 nitrogen and oxygen atoms in total. The fourth-order valence-electron chi connectivity index (χ4n) is 2.15. The first kappa shape index (κ1) is 17.4. The number of aromatic nitrogens is 2. The third-order valence-corrected chi connectivity index (χ3v) is 4.09. The second-order valence-corrected chi connectivity index (χ2v) is 6.82. The molecule has 0 fully saturated rings. The molecule has 3 N–H and O–H groups in total. The highest BCUT2D eigenvalue weighted by atomic mass is 32.1. The molecule has 0 unspecified atom stereocenters. The van der Waals surface area contributed by atoms with E-state index in [2.05, 4.69) is 15.5 Å². The summed E-state index contributed by atoms with van der Waals surface area (Å²) in [6, 6.07) is 7.26. The summed E-state index contributed by atoms with van der Waals surface area (Å²) in [5.41, 5.74) is 6.94. The molecule has 0 spiro atoms. The zero-order valence-electron chi connectivity index (χ0n) is 13.6. The van der Waals surface area contributed by atoms with E-state index < -0.39 is 6.04 Å². The second kappa shape index (κ2) is 8.03. The summed E-state index contributed by atoms with van der Waals surface area (Å²) in [6.07, 6.45) is 1.28. The number of methoxy groups -OCH3 is 1. The molecule has 0 bridgehead atoms. The van der Waals surface area contributed by atoms with Crippen molar-refractivity contribution < 1.29 is 9.53 Å². The molecule has 124 valence electrons. The monoisotopic (exact) mass is 334 g/mol. The Morgan fingerprint density at radius 3 is 2.87 bits per heavy atom. The summed E-state index contributed by atoms with van der Waals surface area (Å²) in [6.45, 7) is 4.06. The minimum Gasteiger partial charge on any atom is -0.497 e. The maximum absolute atomic E-state index is 12.0. The predicted molar refractivity (Wildman–Crippen MR) is 91.8 cm³/mol. The zero-order chi connectivity index (χ0) is 16.8. The second-order valence-electron chi connectivity index (χ2n) is 5.75. The van der Waals surface area contributed by atoms with Gasteiger partial charge >= 0.3 is 0 Å². The van der Waals surface area contributed by atoms with E-state index in [1.54, 1.807) is 7.11 Å². The molecule has 0 aliphatic rings. The highest BCUT2D eigenvalue weighted by Crippen LogP contribution is 2.21. The standard InChI is InChI=1S/C16H22N4O2S/c1-10(2)7-13(17)15(21)18-16-20-19-14(23-16)9-11-5-4-6-12(8-11)22-3/h4-6,8,10,13H,7,9,17H2,1-3H3,(H,18,20,21)/t13-/m0/s1. The number of hydrogen-bond donors (Lipinski definition) is 2. The van der Waals surface area contributed by atoms with Gasteiger partial charge in [-0.2, -0.15) is 0 Å². The Hall–Kier alpha value is -1.99. The molecule has 1 aromatic carbocycles. The van der Waals surface area contributed by atoms with Gasteiger partial charge in [-0.3, -0.25) is 10.1 Å². The molecule has 0 aliphatic heterocycles. The molecule has 1 atom stereocenters. The van der Waals surface area contributed by atoms with Gasteiger partial charge in [-0.1, -0.05) is 37.3 Å². The van der Waals surface area contributed by atoms with Gasteiger partial charge in [0, 0.05) is 6.42 Å². The lowest BCUT2D eigenvalue weighted by atomic mass is 10.0. The largest absolute Gasteiger partial charge is 0.497 e. The van der Waals surface area contributed by atoms with Gasteiger partial charge in [0.05, 0.1) is 13.2 Å². The van der Waals surface area contributed by atoms with Crippen molar-refractivity contribution in [1.29, 1.82) is 0 Å². The SMILES string of the molecule is COc1cccc(Cc2nnc(NC(=O)[C@@H](N)CC(C)C)s2)c1. The fourth-order valence-corrected chi connectivity index (χ4v) is 2.92. The summed E-state index contributed by atoms with van der Waals surface area (Å²) >= 11 is 1.36. The molecule has 0 saturated heterocycles. The number of rotatable bonds is 7. The van der Waals surface area contributed by atoms with Crippen molar-refractivity contribution in [3.05, 3.63) is 34.8 Å². The summed E-state index contributed by atoms with van der Waals surface area (Å²) < 4.78 is 5.20. The predicted octanol–water partition coefficient (Wildman–Crippen LogP) is 2.45. The van der Waals surface area contributed by atoms with Gasteiger partial charge in [0.15, 0.2) is 0 Å². The Bertz CT molecular complexity index is 657. The van der Waals surface area contributed by atoms with Crippen LogP contribution in [0.15, 0.2) is 24.3 Å². The Labute approximate surface area is 140 Å². The Balaban J connectivity index is 1.96. The number of hydrogen-bond acceptors (Lipinski definition) is 6. The van der Waals surface area contributed by atoms with Crippen LogP contribution in [0.3, 0.4) is 0 Å². The molecule has 0 radical (unpaired) electrons. The highest BCUT2D eigenvalue weighted by molar-refractivity contribution is 7.15. The van der Waals surface area contributed by atoms with E-state index in [4.69, 9.17) is 10.5 Å². The van der Waals surface area contributed by atoms with Crippen LogP contribution < -0.4 is 15.8 Å². The van der Waals surface area contributed by atoms with Gasteiger partial charge in [0.25, 0.3) is 0 Å². The van der Waals surface area contributed by atoms with Gasteiger partial charge in [-0.15, -0.1) is 10.2 Å². The third kappa shape index (κ3) is 5.30. The van der Waals surface area contributed by atoms with Crippen LogP contribution in [0.25, 0.3) is 0 Å². The third-order valence-electron chi connectivity index (χ3n) is 3.25. The molecule has 0 saturated carbocycles. The summed E-state index contributed by atoms with van der Waals surface area (Å²) in [4.78, 5) is 12.0. The molecular formula is C16H22N4O2S. The average molecular weight is 334 g/mol. The van der Waals surface area contributed by atoms with E-state index in [-0.39, 0.29) is 5.91 Å². The van der Waals surface area contributed by atoms with Crippen molar-refractivity contribution in [3.8, 4) is 5.75 Å². The summed E-state index contributed by atoms with van der Waals surface area (Å²) in [7, 11) is 1.64. The molecule has 1 aromatic heterocycles. The van der Waals surface area contributed by atoms with Crippen LogP contribution in [0.4, 0.5) is 5.13 Å². The first-order chi connectivity index (χ1) is 11.0. The maximum atomic E-state index is 12.0. The quantitative estimate of drug-likeness (QED) is 0.812. The Morgan fingerprint density at radius 2 is 2.17 bits per heavy atom. The number of ether oxygens (including phenoxy) is 1. The number of carbonyl (C=O) groups excluding carboxylic acids is 1. The van der Waals surface area contributed by atoms with Crippen LogP contribution in [-0.4, -0.2) is 29.3 Å². The zero-order valence-corrected chi connectivity index (χ0v) is 14.4. The van der Waals surface area contributed by atoms with E-state index in [1.165, 1.54) is 11.3 Å². The molecule has 23 heavy (non-hydrogen) atoms. The molecular weight excluding hydrogens is 312 g/mol. The van der Waals surface area contributed by atoms with Crippen molar-refractivity contribution in [3.63, 3.8) is 0 Å².